The first-order valence-electron chi connectivity index (χ1n) is 7.03. The van der Waals surface area contributed by atoms with Crippen LogP contribution in [0.3, 0.4) is 0 Å². The lowest BCUT2D eigenvalue weighted by Crippen LogP contribution is -2.17. The molecule has 0 amide bonds. The molecule has 2 heteroatoms. The van der Waals surface area contributed by atoms with Crippen LogP contribution in [0.2, 0.25) is 0 Å². The topological polar surface area (TPSA) is 32.3 Å². The van der Waals surface area contributed by atoms with Crippen LogP contribution in [0.4, 0.5) is 5.69 Å². The van der Waals surface area contributed by atoms with E-state index in [1.165, 1.54) is 27.8 Å². The summed E-state index contributed by atoms with van der Waals surface area (Å²) in [5.41, 5.74) is 7.19. The molecule has 106 valence electrons. The molecule has 0 aliphatic carbocycles. The third kappa shape index (κ3) is 3.02. The number of benzene rings is 2. The highest BCUT2D eigenvalue weighted by Gasteiger charge is 2.14. The summed E-state index contributed by atoms with van der Waals surface area (Å²) in [6.07, 6.45) is 0. The normalized spacial score (nSPS) is 12.2. The second-order valence-corrected chi connectivity index (χ2v) is 5.49. The molecule has 0 radical (unpaired) electrons. The Morgan fingerprint density at radius 3 is 2.20 bits per heavy atom. The summed E-state index contributed by atoms with van der Waals surface area (Å²) in [4.78, 5) is 0. The molecule has 2 N–H and O–H groups in total. The molecule has 1 atom stereocenters. The molecule has 0 saturated heterocycles. The van der Waals surface area contributed by atoms with Gasteiger partial charge < -0.3 is 10.4 Å². The zero-order valence-electron chi connectivity index (χ0n) is 12.7. The molecule has 2 rings (SSSR count). The standard InChI is InChI=1S/C18H23NO/c1-12-7-5-6-8-17(12)19-18(11-20)16-10-14(3)13(2)9-15(16)4/h5-10,18-20H,11H2,1-4H3. The molecule has 0 heterocycles. The largest absolute Gasteiger partial charge is 0.394 e. The maximum atomic E-state index is 9.75. The van der Waals surface area contributed by atoms with Gasteiger partial charge in [0.25, 0.3) is 0 Å². The highest BCUT2D eigenvalue weighted by Crippen LogP contribution is 2.26. The minimum Gasteiger partial charge on any atom is -0.394 e. The van der Waals surface area contributed by atoms with Crippen molar-refractivity contribution in [2.75, 3.05) is 11.9 Å². The summed E-state index contributed by atoms with van der Waals surface area (Å²) in [6.45, 7) is 8.49. The molecule has 0 aliphatic rings. The van der Waals surface area contributed by atoms with Crippen molar-refractivity contribution < 1.29 is 5.11 Å². The van der Waals surface area contributed by atoms with Crippen LogP contribution >= 0.6 is 0 Å². The van der Waals surface area contributed by atoms with Crippen molar-refractivity contribution in [3.05, 3.63) is 64.2 Å². The highest BCUT2D eigenvalue weighted by atomic mass is 16.3. The fourth-order valence-corrected chi connectivity index (χ4v) is 2.50. The van der Waals surface area contributed by atoms with Crippen molar-refractivity contribution in [2.24, 2.45) is 0 Å². The van der Waals surface area contributed by atoms with E-state index in [2.05, 4.69) is 51.2 Å². The average molecular weight is 269 g/mol. The summed E-state index contributed by atoms with van der Waals surface area (Å²) in [6, 6.07) is 12.4. The number of hydrogen-bond donors (Lipinski definition) is 2. The number of aryl methyl sites for hydroxylation is 4. The van der Waals surface area contributed by atoms with E-state index < -0.39 is 0 Å². The Hall–Kier alpha value is -1.80. The van der Waals surface area contributed by atoms with Gasteiger partial charge in [-0.05, 0) is 61.6 Å². The van der Waals surface area contributed by atoms with Crippen LogP contribution in [0.1, 0.15) is 33.9 Å². The van der Waals surface area contributed by atoms with Crippen molar-refractivity contribution in [1.29, 1.82) is 0 Å². The average Bonchev–Trinajstić information content (AvgIpc) is 2.42. The van der Waals surface area contributed by atoms with Gasteiger partial charge in [0, 0.05) is 5.69 Å². The number of para-hydroxylation sites is 1. The fourth-order valence-electron chi connectivity index (χ4n) is 2.50. The van der Waals surface area contributed by atoms with Gasteiger partial charge in [0.1, 0.15) is 0 Å². The van der Waals surface area contributed by atoms with Crippen LogP contribution in [-0.4, -0.2) is 11.7 Å². The van der Waals surface area contributed by atoms with Crippen molar-refractivity contribution in [1.82, 2.24) is 0 Å². The number of aliphatic hydroxyl groups excluding tert-OH is 1. The van der Waals surface area contributed by atoms with E-state index in [0.29, 0.717) is 0 Å². The van der Waals surface area contributed by atoms with E-state index in [1.807, 2.05) is 18.2 Å². The first kappa shape index (κ1) is 14.6. The Kier molecular flexibility index (Phi) is 4.46. The minimum absolute atomic E-state index is 0.0737. The lowest BCUT2D eigenvalue weighted by atomic mass is 9.95. The van der Waals surface area contributed by atoms with Crippen molar-refractivity contribution >= 4 is 5.69 Å². The van der Waals surface area contributed by atoms with Gasteiger partial charge >= 0.3 is 0 Å². The molecule has 0 aromatic heterocycles. The van der Waals surface area contributed by atoms with E-state index in [-0.39, 0.29) is 12.6 Å². The third-order valence-corrected chi connectivity index (χ3v) is 3.92. The van der Waals surface area contributed by atoms with E-state index in [4.69, 9.17) is 0 Å². The number of anilines is 1. The van der Waals surface area contributed by atoms with E-state index in [0.717, 1.165) is 5.69 Å². The molecule has 0 bridgehead atoms. The van der Waals surface area contributed by atoms with Crippen LogP contribution in [0.15, 0.2) is 36.4 Å². The lowest BCUT2D eigenvalue weighted by Gasteiger charge is -2.22. The monoisotopic (exact) mass is 269 g/mol. The van der Waals surface area contributed by atoms with Crippen molar-refractivity contribution in [2.45, 2.75) is 33.7 Å². The first-order valence-corrected chi connectivity index (χ1v) is 7.03. The SMILES string of the molecule is Cc1cc(C)c(C(CO)Nc2ccccc2C)cc1C. The molecule has 0 saturated carbocycles. The first-order chi connectivity index (χ1) is 9.52. The van der Waals surface area contributed by atoms with Crippen LogP contribution < -0.4 is 5.32 Å². The van der Waals surface area contributed by atoms with Crippen molar-refractivity contribution in [3.63, 3.8) is 0 Å². The van der Waals surface area contributed by atoms with Crippen molar-refractivity contribution in [3.8, 4) is 0 Å². The second kappa shape index (κ2) is 6.10. The number of nitrogens with one attached hydrogen (secondary N) is 1. The zero-order chi connectivity index (χ0) is 14.7. The molecule has 20 heavy (non-hydrogen) atoms. The smallest absolute Gasteiger partial charge is 0.0747 e. The molecule has 2 nitrogen and oxygen atoms in total. The summed E-state index contributed by atoms with van der Waals surface area (Å²) >= 11 is 0. The Labute approximate surface area is 121 Å². The van der Waals surface area contributed by atoms with Gasteiger partial charge in [-0.3, -0.25) is 0 Å². The zero-order valence-corrected chi connectivity index (χ0v) is 12.7. The van der Waals surface area contributed by atoms with E-state index in [1.54, 1.807) is 0 Å². The predicted molar refractivity (Wildman–Crippen MR) is 85.3 cm³/mol. The van der Waals surface area contributed by atoms with Gasteiger partial charge in [0.05, 0.1) is 12.6 Å². The summed E-state index contributed by atoms with van der Waals surface area (Å²) in [7, 11) is 0. The number of rotatable bonds is 4. The molecule has 0 fully saturated rings. The van der Waals surface area contributed by atoms with Gasteiger partial charge in [-0.2, -0.15) is 0 Å². The molecule has 2 aromatic carbocycles. The molecule has 2 aromatic rings. The second-order valence-electron chi connectivity index (χ2n) is 5.49. The summed E-state index contributed by atoms with van der Waals surface area (Å²) in [5.74, 6) is 0. The van der Waals surface area contributed by atoms with E-state index >= 15 is 0 Å². The molecule has 1 unspecified atom stereocenters. The van der Waals surface area contributed by atoms with Gasteiger partial charge in [0.2, 0.25) is 0 Å². The lowest BCUT2D eigenvalue weighted by molar-refractivity contribution is 0.276. The van der Waals surface area contributed by atoms with Crippen LogP contribution in [0.5, 0.6) is 0 Å². The van der Waals surface area contributed by atoms with Crippen LogP contribution in [0.25, 0.3) is 0 Å². The Balaban J connectivity index is 2.34. The molecule has 0 aliphatic heterocycles. The summed E-state index contributed by atoms with van der Waals surface area (Å²) < 4.78 is 0. The molecular formula is C18H23NO. The highest BCUT2D eigenvalue weighted by molar-refractivity contribution is 5.53. The fraction of sp³-hybridized carbons (Fsp3) is 0.333. The van der Waals surface area contributed by atoms with Gasteiger partial charge in [-0.15, -0.1) is 0 Å². The Morgan fingerprint density at radius 1 is 0.900 bits per heavy atom. The van der Waals surface area contributed by atoms with E-state index in [9.17, 15) is 5.11 Å². The Bertz CT molecular complexity index is 604. The van der Waals surface area contributed by atoms with Gasteiger partial charge in [-0.25, -0.2) is 0 Å². The van der Waals surface area contributed by atoms with Gasteiger partial charge in [0.15, 0.2) is 0 Å². The number of hydrogen-bond acceptors (Lipinski definition) is 2. The molecule has 0 spiro atoms. The third-order valence-electron chi connectivity index (χ3n) is 3.92. The van der Waals surface area contributed by atoms with Crippen LogP contribution in [0, 0.1) is 27.7 Å². The predicted octanol–water partition coefficient (Wildman–Crippen LogP) is 4.07. The van der Waals surface area contributed by atoms with Gasteiger partial charge in [-0.1, -0.05) is 30.3 Å². The number of aliphatic hydroxyl groups is 1. The quantitative estimate of drug-likeness (QED) is 0.877. The van der Waals surface area contributed by atoms with Crippen LogP contribution in [-0.2, 0) is 0 Å². The Morgan fingerprint density at radius 2 is 1.55 bits per heavy atom. The minimum atomic E-state index is -0.0737. The maximum absolute atomic E-state index is 9.75. The molecular weight excluding hydrogens is 246 g/mol. The summed E-state index contributed by atoms with van der Waals surface area (Å²) in [5, 5.41) is 13.2. The maximum Gasteiger partial charge on any atom is 0.0747 e.